The number of nitrogens with zero attached hydrogens (tertiary/aromatic N) is 5. The Balaban J connectivity index is 2.04. The van der Waals surface area contributed by atoms with Crippen LogP contribution in [0.4, 0.5) is 0 Å². The number of carbonyl (C=O) groups excluding carboxylic acids is 2. The first kappa shape index (κ1) is 18.8. The third kappa shape index (κ3) is 2.14. The monoisotopic (exact) mass is 437 g/mol. The number of amides is 1. The van der Waals surface area contributed by atoms with Gasteiger partial charge >= 0.3 is 0 Å². The summed E-state index contributed by atoms with van der Waals surface area (Å²) in [4.78, 5) is 26.2. The van der Waals surface area contributed by atoms with Crippen LogP contribution in [-0.2, 0) is 25.9 Å². The van der Waals surface area contributed by atoms with E-state index in [-0.39, 0.29) is 27.5 Å². The topological polar surface area (TPSA) is 115 Å². The first-order chi connectivity index (χ1) is 13.1. The van der Waals surface area contributed by atoms with Crippen molar-refractivity contribution in [3.8, 4) is 0 Å². The van der Waals surface area contributed by atoms with Crippen LogP contribution >= 0.6 is 23.8 Å². The maximum atomic E-state index is 13.4. The Labute approximate surface area is 169 Å². The molecule has 1 saturated heterocycles. The molecule has 3 heterocycles. The molecule has 9 nitrogen and oxygen atoms in total. The quantitative estimate of drug-likeness (QED) is 0.298. The Hall–Kier alpha value is -2.50. The van der Waals surface area contributed by atoms with Gasteiger partial charge in [-0.2, -0.15) is 0 Å². The molecule has 2 aromatic rings. The zero-order valence-corrected chi connectivity index (χ0v) is 16.9. The predicted molar refractivity (Wildman–Crippen MR) is 102 cm³/mol. The molecule has 0 radical (unpaired) electrons. The number of thiocarbonyl (C=S) groups is 1. The molecule has 1 fully saturated rings. The summed E-state index contributed by atoms with van der Waals surface area (Å²) in [5, 5.41) is 9.32. The Kier molecular flexibility index (Phi) is 4.04. The molecule has 12 heteroatoms. The van der Waals surface area contributed by atoms with Gasteiger partial charge in [-0.3, -0.25) is 14.5 Å². The fourth-order valence-electron chi connectivity index (χ4n) is 3.38. The molecule has 0 saturated carbocycles. The van der Waals surface area contributed by atoms with Crippen LogP contribution in [0.25, 0.3) is 0 Å². The average Bonchev–Trinajstić information content (AvgIpc) is 3.11. The van der Waals surface area contributed by atoms with Crippen molar-refractivity contribution in [2.24, 2.45) is 7.05 Å². The largest absolute Gasteiger partial charge is 0.287 e. The number of halogens is 1. The van der Waals surface area contributed by atoms with Crippen LogP contribution in [0.1, 0.15) is 23.1 Å². The third-order valence-electron chi connectivity index (χ3n) is 4.81. The second-order valence-electron chi connectivity index (χ2n) is 6.33. The molecule has 2 aliphatic heterocycles. The van der Waals surface area contributed by atoms with Crippen molar-refractivity contribution in [2.45, 2.75) is 16.5 Å². The molecule has 1 amide bonds. The molecule has 1 aromatic heterocycles. The van der Waals surface area contributed by atoms with Gasteiger partial charge < -0.3 is 0 Å². The van der Waals surface area contributed by atoms with Gasteiger partial charge in [-0.15, -0.1) is 5.10 Å². The second kappa shape index (κ2) is 6.00. The molecular formula is C16H12ClN5O4S2. The first-order valence-electron chi connectivity index (χ1n) is 7.97. The molecule has 0 bridgehead atoms. The number of rotatable bonds is 3. The normalized spacial score (nSPS) is 26.1. The molecule has 2 aliphatic rings. The summed E-state index contributed by atoms with van der Waals surface area (Å²) in [6, 6.07) is 8.16. The summed E-state index contributed by atoms with van der Waals surface area (Å²) >= 11 is 11.7. The maximum absolute atomic E-state index is 13.4. The number of benzene rings is 1. The van der Waals surface area contributed by atoms with Crippen molar-refractivity contribution >= 4 is 50.2 Å². The number of hydrogen-bond donors (Lipinski definition) is 0. The van der Waals surface area contributed by atoms with Gasteiger partial charge in [0.2, 0.25) is 19.8 Å². The molecule has 0 aliphatic carbocycles. The Morgan fingerprint density at radius 3 is 2.50 bits per heavy atom. The summed E-state index contributed by atoms with van der Waals surface area (Å²) in [6.07, 6.45) is 0. The van der Waals surface area contributed by atoms with Crippen molar-refractivity contribution in [1.29, 1.82) is 0 Å². The molecule has 28 heavy (non-hydrogen) atoms. The molecule has 0 spiro atoms. The number of aryl methyl sites for hydroxylation is 1. The highest BCUT2D eigenvalue weighted by molar-refractivity contribution is 7.97. The van der Waals surface area contributed by atoms with Gasteiger partial charge in [0.25, 0.3) is 5.91 Å². The minimum atomic E-state index is -4.33. The molecule has 0 N–H and O–H groups in total. The molecule has 1 aromatic carbocycles. The van der Waals surface area contributed by atoms with E-state index >= 15 is 0 Å². The van der Waals surface area contributed by atoms with Gasteiger partial charge in [0.05, 0.1) is 5.70 Å². The number of ketones is 1. The molecule has 2 atom stereocenters. The van der Waals surface area contributed by atoms with E-state index in [4.69, 9.17) is 23.8 Å². The van der Waals surface area contributed by atoms with E-state index in [1.165, 1.54) is 14.0 Å². The highest BCUT2D eigenvalue weighted by Crippen LogP contribution is 2.52. The van der Waals surface area contributed by atoms with E-state index in [1.807, 2.05) is 0 Å². The number of sulfone groups is 1. The number of alkyl halides is 1. The maximum Gasteiger partial charge on any atom is 0.269 e. The number of aromatic nitrogens is 4. The smallest absolute Gasteiger partial charge is 0.269 e. The van der Waals surface area contributed by atoms with Crippen LogP contribution in [-0.4, -0.2) is 55.5 Å². The lowest BCUT2D eigenvalue weighted by atomic mass is 9.97. The number of allylic oxidation sites excluding steroid dienone is 1. The minimum Gasteiger partial charge on any atom is -0.287 e. The Bertz CT molecular complexity index is 1190. The first-order valence-corrected chi connectivity index (χ1v) is 10.3. The van der Waals surface area contributed by atoms with Gasteiger partial charge in [0, 0.05) is 12.6 Å². The standard InChI is InChI=1S/C16H12ClN5O4S2/c1-8-10(11(23)9-6-4-3-5-7-9)22-13(24)12(27)14(22)28(25,26)16(8,17)15-18-19-20-21(15)2/h3-7,14H,1-2H3/t14-,16?/m0/s1. The van der Waals surface area contributed by atoms with Gasteiger partial charge in [-0.05, 0) is 22.9 Å². The SMILES string of the molecule is CC1=C(C(=O)c2ccccc2)N2C(=O)C(=S)[C@@H]2S(=O)(=O)C1(Cl)c1nnnn1C. The fraction of sp³-hybridized carbons (Fsp3) is 0.250. The number of carbonyl (C=O) groups is 2. The van der Waals surface area contributed by atoms with Gasteiger partial charge in [0.15, 0.2) is 11.2 Å². The van der Waals surface area contributed by atoms with E-state index in [0.29, 0.717) is 0 Å². The number of tetrazole rings is 1. The number of Topliss-reactive ketones (excluding diaryl/α,β-unsaturated/α-hetero) is 1. The van der Waals surface area contributed by atoms with Crippen LogP contribution in [0.15, 0.2) is 41.6 Å². The van der Waals surface area contributed by atoms with E-state index in [9.17, 15) is 18.0 Å². The van der Waals surface area contributed by atoms with Gasteiger partial charge in [0.1, 0.15) is 4.86 Å². The third-order valence-corrected chi connectivity index (χ3v) is 8.76. The second-order valence-corrected chi connectivity index (χ2v) is 9.71. The number of hydrogen-bond acceptors (Lipinski definition) is 8. The van der Waals surface area contributed by atoms with E-state index < -0.39 is 31.1 Å². The van der Waals surface area contributed by atoms with E-state index in [0.717, 1.165) is 9.58 Å². The van der Waals surface area contributed by atoms with Crippen molar-refractivity contribution in [2.75, 3.05) is 0 Å². The van der Waals surface area contributed by atoms with Crippen LogP contribution in [0.5, 0.6) is 0 Å². The van der Waals surface area contributed by atoms with Gasteiger partial charge in [-0.1, -0.05) is 54.2 Å². The zero-order valence-electron chi connectivity index (χ0n) is 14.5. The minimum absolute atomic E-state index is 0.0620. The van der Waals surface area contributed by atoms with Crippen molar-refractivity contribution in [3.63, 3.8) is 0 Å². The van der Waals surface area contributed by atoms with Crippen LogP contribution < -0.4 is 0 Å². The van der Waals surface area contributed by atoms with Crippen LogP contribution in [0.2, 0.25) is 0 Å². The van der Waals surface area contributed by atoms with Gasteiger partial charge in [-0.25, -0.2) is 13.1 Å². The predicted octanol–water partition coefficient (Wildman–Crippen LogP) is 0.725. The summed E-state index contributed by atoms with van der Waals surface area (Å²) in [7, 11) is -2.91. The lowest BCUT2D eigenvalue weighted by Crippen LogP contribution is -2.69. The van der Waals surface area contributed by atoms with Crippen molar-refractivity contribution in [1.82, 2.24) is 25.1 Å². The average molecular weight is 438 g/mol. The summed E-state index contributed by atoms with van der Waals surface area (Å²) < 4.78 is 25.6. The summed E-state index contributed by atoms with van der Waals surface area (Å²) in [5.74, 6) is -1.45. The Morgan fingerprint density at radius 1 is 1.29 bits per heavy atom. The highest BCUT2D eigenvalue weighted by atomic mass is 35.5. The lowest BCUT2D eigenvalue weighted by molar-refractivity contribution is -0.125. The number of fused-ring (bicyclic) bond motifs is 1. The van der Waals surface area contributed by atoms with Crippen LogP contribution in [0.3, 0.4) is 0 Å². The van der Waals surface area contributed by atoms with E-state index in [2.05, 4.69) is 15.5 Å². The summed E-state index contributed by atoms with van der Waals surface area (Å²) in [6.45, 7) is 1.38. The Morgan fingerprint density at radius 2 is 1.93 bits per heavy atom. The highest BCUT2D eigenvalue weighted by Gasteiger charge is 2.67. The molecule has 4 rings (SSSR count). The lowest BCUT2D eigenvalue weighted by Gasteiger charge is -2.49. The van der Waals surface area contributed by atoms with Crippen LogP contribution in [0, 0.1) is 0 Å². The molecule has 1 unspecified atom stereocenters. The molecule has 144 valence electrons. The summed E-state index contributed by atoms with van der Waals surface area (Å²) in [5.41, 5.74) is 0.0752. The number of β-lactam (4-membered cyclic amide) rings is 1. The van der Waals surface area contributed by atoms with Crippen molar-refractivity contribution in [3.05, 3.63) is 53.0 Å². The van der Waals surface area contributed by atoms with E-state index in [1.54, 1.807) is 30.3 Å². The molecular weight excluding hydrogens is 426 g/mol. The zero-order chi connectivity index (χ0) is 20.4. The fourth-order valence-corrected chi connectivity index (χ4v) is 6.59. The van der Waals surface area contributed by atoms with Crippen molar-refractivity contribution < 1.29 is 18.0 Å².